The van der Waals surface area contributed by atoms with Gasteiger partial charge < -0.3 is 19.8 Å². The van der Waals surface area contributed by atoms with Gasteiger partial charge in [-0.25, -0.2) is 14.4 Å². The number of non-ortho nitro benzene ring substituents is 2. The summed E-state index contributed by atoms with van der Waals surface area (Å²) in [5, 5.41) is 40.9. The summed E-state index contributed by atoms with van der Waals surface area (Å²) in [7, 11) is 0. The number of benzene rings is 4. The first-order valence-electron chi connectivity index (χ1n) is 12.4. The van der Waals surface area contributed by atoms with Crippen molar-refractivity contribution in [3.63, 3.8) is 0 Å². The van der Waals surface area contributed by atoms with Crippen LogP contribution in [-0.2, 0) is 17.9 Å². The summed E-state index contributed by atoms with van der Waals surface area (Å²) in [6.07, 6.45) is 0.304. The van der Waals surface area contributed by atoms with Gasteiger partial charge in [0.1, 0.15) is 12.4 Å². The van der Waals surface area contributed by atoms with Gasteiger partial charge in [-0.15, -0.1) is 0 Å². The molecule has 0 saturated carbocycles. The summed E-state index contributed by atoms with van der Waals surface area (Å²) in [4.78, 5) is 66.6. The summed E-state index contributed by atoms with van der Waals surface area (Å²) >= 11 is 12.6. The number of rotatable bonds is 12. The molecule has 45 heavy (non-hydrogen) atoms. The monoisotopic (exact) mass is 656 g/mol. The number of carboxylic acid groups (broad SMARTS) is 2. The van der Waals surface area contributed by atoms with Crippen molar-refractivity contribution >= 4 is 52.5 Å². The molecule has 0 spiro atoms. The van der Waals surface area contributed by atoms with Crippen LogP contribution in [0, 0.1) is 20.2 Å². The van der Waals surface area contributed by atoms with Gasteiger partial charge in [0.25, 0.3) is 11.4 Å². The molecule has 0 fully saturated rings. The van der Waals surface area contributed by atoms with Crippen LogP contribution >= 0.6 is 23.2 Å². The molecule has 0 bridgehead atoms. The summed E-state index contributed by atoms with van der Waals surface area (Å²) in [5.74, 6) is -3.95. The van der Waals surface area contributed by atoms with Crippen molar-refractivity contribution in [1.82, 2.24) is 0 Å². The Balaban J connectivity index is 1.42. The Kier molecular flexibility index (Phi) is 9.93. The molecule has 0 atom stereocenters. The zero-order chi connectivity index (χ0) is 32.8. The maximum atomic E-state index is 12.7. The van der Waals surface area contributed by atoms with Gasteiger partial charge in [0.05, 0.1) is 36.6 Å². The summed E-state index contributed by atoms with van der Waals surface area (Å²) in [5.41, 5.74) is -0.641. The number of nitro benzene ring substituents is 2. The van der Waals surface area contributed by atoms with Crippen LogP contribution in [0.3, 0.4) is 0 Å². The van der Waals surface area contributed by atoms with Crippen LogP contribution in [0.2, 0.25) is 10.0 Å². The predicted molar refractivity (Wildman–Crippen MR) is 156 cm³/mol. The summed E-state index contributed by atoms with van der Waals surface area (Å²) in [6, 6.07) is 15.1. The van der Waals surface area contributed by atoms with Crippen LogP contribution in [0.5, 0.6) is 11.5 Å². The molecule has 4 aromatic rings. The van der Waals surface area contributed by atoms with Crippen LogP contribution in [0.25, 0.3) is 0 Å². The maximum absolute atomic E-state index is 12.7. The fraction of sp³-hybridized carbons (Fsp3) is 0.0690. The smallest absolute Gasteiger partial charge is 0.344 e. The Morgan fingerprint density at radius 1 is 0.689 bits per heavy atom. The average Bonchev–Trinajstić information content (AvgIpc) is 2.99. The van der Waals surface area contributed by atoms with E-state index in [0.717, 1.165) is 36.4 Å². The molecule has 4 rings (SSSR count). The van der Waals surface area contributed by atoms with E-state index in [1.165, 1.54) is 18.2 Å². The molecule has 230 valence electrons. The van der Waals surface area contributed by atoms with Crippen molar-refractivity contribution in [1.29, 1.82) is 0 Å². The molecule has 0 aliphatic rings. The quantitative estimate of drug-likeness (QED) is 0.0549. The third-order valence-electron chi connectivity index (χ3n) is 6.16. The zero-order valence-electron chi connectivity index (χ0n) is 22.5. The Morgan fingerprint density at radius 2 is 1.22 bits per heavy atom. The van der Waals surface area contributed by atoms with E-state index in [1.54, 1.807) is 18.2 Å². The molecule has 0 aliphatic heterocycles. The van der Waals surface area contributed by atoms with E-state index >= 15 is 0 Å². The number of aromatic carboxylic acids is 2. The lowest BCUT2D eigenvalue weighted by Gasteiger charge is -2.11. The highest BCUT2D eigenvalue weighted by molar-refractivity contribution is 6.32. The lowest BCUT2D eigenvalue weighted by Crippen LogP contribution is -2.15. The second-order valence-corrected chi connectivity index (χ2v) is 9.95. The first kappa shape index (κ1) is 32.3. The van der Waals surface area contributed by atoms with Crippen molar-refractivity contribution in [2.24, 2.45) is 0 Å². The number of hydrogen-bond donors (Lipinski definition) is 2. The van der Waals surface area contributed by atoms with E-state index in [4.69, 9.17) is 37.7 Å². The third-order valence-corrected chi connectivity index (χ3v) is 6.75. The van der Waals surface area contributed by atoms with Gasteiger partial charge in [-0.2, -0.15) is 4.89 Å². The molecule has 4 aromatic carbocycles. The number of carbonyl (C=O) groups is 3. The predicted octanol–water partition coefficient (Wildman–Crippen LogP) is 6.53. The first-order chi connectivity index (χ1) is 21.3. The third kappa shape index (κ3) is 7.88. The molecular weight excluding hydrogens is 639 g/mol. The van der Waals surface area contributed by atoms with Gasteiger partial charge in [0.15, 0.2) is 5.75 Å². The van der Waals surface area contributed by atoms with Gasteiger partial charge in [-0.05, 0) is 53.9 Å². The van der Waals surface area contributed by atoms with Crippen LogP contribution in [0.1, 0.15) is 47.8 Å². The lowest BCUT2D eigenvalue weighted by atomic mass is 10.0. The number of halogens is 2. The highest BCUT2D eigenvalue weighted by Crippen LogP contribution is 2.31. The van der Waals surface area contributed by atoms with Crippen LogP contribution in [0.4, 0.5) is 11.4 Å². The second kappa shape index (κ2) is 13.8. The van der Waals surface area contributed by atoms with E-state index in [9.17, 15) is 44.8 Å². The number of nitro groups is 2. The Labute approximate surface area is 262 Å². The van der Waals surface area contributed by atoms with Crippen LogP contribution < -0.4 is 9.62 Å². The van der Waals surface area contributed by atoms with Gasteiger partial charge in [-0.3, -0.25) is 20.2 Å². The second-order valence-electron chi connectivity index (χ2n) is 9.14. The molecule has 0 unspecified atom stereocenters. The molecule has 2 N–H and O–H groups in total. The van der Waals surface area contributed by atoms with Crippen molar-refractivity contribution < 1.29 is 49.0 Å². The Hall–Kier alpha value is -5.57. The van der Waals surface area contributed by atoms with Gasteiger partial charge >= 0.3 is 17.9 Å². The van der Waals surface area contributed by atoms with E-state index in [1.807, 2.05) is 0 Å². The van der Waals surface area contributed by atoms with Crippen molar-refractivity contribution in [3.8, 4) is 11.5 Å². The van der Waals surface area contributed by atoms with Gasteiger partial charge in [0.2, 0.25) is 0 Å². The standard InChI is InChI=1S/C29H18Cl2N2O12/c30-23-10-15(1-7-25(23)44-29(38)22-13-19(33(41)42)4-6-21(22)28(36)37)9-16-2-8-26(24(31)11-16)45-43-14-17-12-18(32(39)40)3-5-20(17)27(34)35/h1-8,10-13H,9,14H2,(H,34,35)(H,36,37). The molecule has 0 amide bonds. The summed E-state index contributed by atoms with van der Waals surface area (Å²) < 4.78 is 5.23. The SMILES string of the molecule is O=C(O)c1ccc([N+](=O)[O-])cc1COOc1ccc(Cc2ccc(OC(=O)c3cc([N+](=O)[O-])ccc3C(=O)O)c(Cl)c2)cc1Cl. The molecule has 0 saturated heterocycles. The van der Waals surface area contributed by atoms with Crippen molar-refractivity contribution in [2.45, 2.75) is 13.0 Å². The molecular formula is C29H18Cl2N2O12. The first-order valence-corrected chi connectivity index (χ1v) is 13.2. The van der Waals surface area contributed by atoms with Crippen molar-refractivity contribution in [2.75, 3.05) is 0 Å². The Morgan fingerprint density at radius 3 is 1.76 bits per heavy atom. The van der Waals surface area contributed by atoms with Crippen LogP contribution in [0.15, 0.2) is 72.8 Å². The summed E-state index contributed by atoms with van der Waals surface area (Å²) in [6.45, 7) is -0.421. The fourth-order valence-corrected chi connectivity index (χ4v) is 4.51. The number of ether oxygens (including phenoxy) is 1. The fourth-order valence-electron chi connectivity index (χ4n) is 4.03. The minimum Gasteiger partial charge on any atom is -0.478 e. The number of nitrogens with zero attached hydrogens (tertiary/aromatic N) is 2. The molecule has 16 heteroatoms. The van der Waals surface area contributed by atoms with Crippen molar-refractivity contribution in [3.05, 3.63) is 136 Å². The maximum Gasteiger partial charge on any atom is 0.344 e. The highest BCUT2D eigenvalue weighted by Gasteiger charge is 2.23. The Bertz CT molecular complexity index is 1860. The average molecular weight is 657 g/mol. The molecule has 14 nitrogen and oxygen atoms in total. The minimum absolute atomic E-state index is 0.00415. The minimum atomic E-state index is -1.48. The van der Waals surface area contributed by atoms with Gasteiger partial charge in [0, 0.05) is 29.8 Å². The van der Waals surface area contributed by atoms with E-state index in [-0.39, 0.29) is 38.4 Å². The highest BCUT2D eigenvalue weighted by atomic mass is 35.5. The number of esters is 1. The van der Waals surface area contributed by atoms with E-state index in [2.05, 4.69) is 0 Å². The zero-order valence-corrected chi connectivity index (χ0v) is 24.0. The largest absolute Gasteiger partial charge is 0.478 e. The normalized spacial score (nSPS) is 10.6. The number of carbonyl (C=O) groups excluding carboxylic acids is 1. The number of carboxylic acids is 2. The molecule has 0 aromatic heterocycles. The molecule has 0 radical (unpaired) electrons. The lowest BCUT2D eigenvalue weighted by molar-refractivity contribution is -0.385. The van der Waals surface area contributed by atoms with E-state index in [0.29, 0.717) is 17.5 Å². The molecule has 0 heterocycles. The number of hydrogen-bond acceptors (Lipinski definition) is 10. The van der Waals surface area contributed by atoms with E-state index < -0.39 is 51.2 Å². The van der Waals surface area contributed by atoms with Gasteiger partial charge in [-0.1, -0.05) is 35.3 Å². The molecule has 0 aliphatic carbocycles. The topological polar surface area (TPSA) is 206 Å². The van der Waals surface area contributed by atoms with Crippen LogP contribution in [-0.4, -0.2) is 38.0 Å².